The third-order valence-corrected chi connectivity index (χ3v) is 16.8. The number of likely N-dealkylation sites (tertiary alicyclic amines) is 2. The summed E-state index contributed by atoms with van der Waals surface area (Å²) in [6.45, 7) is 11.9. The van der Waals surface area contributed by atoms with Crippen molar-refractivity contribution in [3.8, 4) is 34.3 Å². The van der Waals surface area contributed by atoms with Gasteiger partial charge in [0.1, 0.15) is 34.2 Å². The number of aryl methyl sites for hydroxylation is 4. The minimum atomic E-state index is -3.77. The molecule has 0 aliphatic carbocycles. The summed E-state index contributed by atoms with van der Waals surface area (Å²) in [5.41, 5.74) is 3.48. The lowest BCUT2D eigenvalue weighted by Gasteiger charge is -2.31. The van der Waals surface area contributed by atoms with E-state index in [4.69, 9.17) is 19.4 Å². The number of sulfonamides is 2. The van der Waals surface area contributed by atoms with Gasteiger partial charge in [-0.2, -0.15) is 10.2 Å². The monoisotopic (exact) mass is 1060 g/mol. The van der Waals surface area contributed by atoms with Crippen LogP contribution in [0.3, 0.4) is 0 Å². The molecule has 6 heterocycles. The van der Waals surface area contributed by atoms with Crippen molar-refractivity contribution in [2.75, 3.05) is 60.5 Å². The van der Waals surface area contributed by atoms with Crippen LogP contribution in [0.1, 0.15) is 111 Å². The van der Waals surface area contributed by atoms with Crippen LogP contribution in [0.15, 0.2) is 55.8 Å². The number of fused-ring (bicyclic) bond motifs is 2. The van der Waals surface area contributed by atoms with Crippen LogP contribution >= 0.6 is 0 Å². The Morgan fingerprint density at radius 1 is 0.676 bits per heavy atom. The zero-order valence-electron chi connectivity index (χ0n) is 44.0. The van der Waals surface area contributed by atoms with Crippen LogP contribution in [0.2, 0.25) is 0 Å². The van der Waals surface area contributed by atoms with E-state index in [9.17, 15) is 26.4 Å². The lowest BCUT2D eigenvalue weighted by atomic mass is 10.1. The molecular weight excluding hydrogens is 985 g/mol. The SMILES string of the molecule is C.CCCOc1ccc(S(=O)(=O)NCCC2CCCN2C)cc1-c1nc2c(CCC)nn(C)c2c(=O)[nH]1.CCCOc1ccc(S(=O)(=O)NCCC2CCC[N+]2(C)C)cc1-c1nc2c(CCC)nn(C)c2c(=O)[nH]1. The van der Waals surface area contributed by atoms with Crippen molar-refractivity contribution < 1.29 is 30.8 Å². The first-order chi connectivity index (χ1) is 34.8. The minimum Gasteiger partial charge on any atom is -0.493 e. The predicted molar refractivity (Wildman–Crippen MR) is 291 cm³/mol. The maximum Gasteiger partial charge on any atom is 0.277 e. The molecule has 0 amide bonds. The van der Waals surface area contributed by atoms with Gasteiger partial charge >= 0.3 is 0 Å². The molecule has 0 saturated carbocycles. The molecule has 2 aliphatic rings. The Bertz CT molecular complexity index is 3240. The molecule has 2 saturated heterocycles. The Labute approximate surface area is 436 Å². The third kappa shape index (κ3) is 13.1. The number of benzene rings is 2. The molecule has 74 heavy (non-hydrogen) atoms. The molecule has 2 aromatic carbocycles. The molecule has 4 N–H and O–H groups in total. The Morgan fingerprint density at radius 2 is 1.15 bits per heavy atom. The molecule has 22 heteroatoms. The Morgan fingerprint density at radius 3 is 1.55 bits per heavy atom. The molecule has 2 aliphatic heterocycles. The number of aromatic amines is 2. The first-order valence-corrected chi connectivity index (χ1v) is 28.8. The highest BCUT2D eigenvalue weighted by molar-refractivity contribution is 7.89. The number of rotatable bonds is 22. The summed E-state index contributed by atoms with van der Waals surface area (Å²) >= 11 is 0. The molecule has 8 rings (SSSR count). The van der Waals surface area contributed by atoms with Crippen LogP contribution in [0.5, 0.6) is 11.5 Å². The number of ether oxygens (including phenoxy) is 2. The summed E-state index contributed by atoms with van der Waals surface area (Å²) in [6, 6.07) is 10.2. The van der Waals surface area contributed by atoms with E-state index in [0.717, 1.165) is 86.7 Å². The van der Waals surface area contributed by atoms with Gasteiger partial charge < -0.3 is 28.8 Å². The fraction of sp³-hybridized carbons (Fsp3) is 0.577. The van der Waals surface area contributed by atoms with Crippen molar-refractivity contribution in [1.29, 1.82) is 0 Å². The minimum absolute atomic E-state index is 0. The molecule has 6 aromatic rings. The molecule has 4 aromatic heterocycles. The van der Waals surface area contributed by atoms with E-state index in [1.807, 2.05) is 27.7 Å². The summed E-state index contributed by atoms with van der Waals surface area (Å²) in [5.74, 6) is 1.45. The quantitative estimate of drug-likeness (QED) is 0.0537. The van der Waals surface area contributed by atoms with Gasteiger partial charge in [0.25, 0.3) is 11.1 Å². The second-order valence-electron chi connectivity index (χ2n) is 19.8. The van der Waals surface area contributed by atoms with Crippen molar-refractivity contribution >= 4 is 42.1 Å². The molecule has 0 bridgehead atoms. The second kappa shape index (κ2) is 24.9. The molecule has 2 atom stereocenters. The van der Waals surface area contributed by atoms with E-state index in [1.165, 1.54) is 35.4 Å². The average molecular weight is 1060 g/mol. The lowest BCUT2D eigenvalue weighted by Crippen LogP contribution is -2.45. The van der Waals surface area contributed by atoms with E-state index < -0.39 is 20.0 Å². The van der Waals surface area contributed by atoms with Crippen molar-refractivity contribution in [3.05, 3.63) is 68.5 Å². The third-order valence-electron chi connectivity index (χ3n) is 13.9. The molecule has 406 valence electrons. The first-order valence-electron chi connectivity index (χ1n) is 25.8. The number of nitrogens with one attached hydrogen (secondary N) is 4. The van der Waals surface area contributed by atoms with Gasteiger partial charge in [-0.25, -0.2) is 36.2 Å². The second-order valence-corrected chi connectivity index (χ2v) is 23.4. The van der Waals surface area contributed by atoms with Crippen LogP contribution in [-0.4, -0.2) is 138 Å². The number of nitrogens with zero attached hydrogens (tertiary/aromatic N) is 8. The van der Waals surface area contributed by atoms with E-state index in [-0.39, 0.29) is 40.0 Å². The van der Waals surface area contributed by atoms with Crippen LogP contribution in [0.25, 0.3) is 44.8 Å². The van der Waals surface area contributed by atoms with Crippen molar-refractivity contribution in [2.24, 2.45) is 14.1 Å². The van der Waals surface area contributed by atoms with E-state index in [1.54, 1.807) is 30.9 Å². The van der Waals surface area contributed by atoms with Gasteiger partial charge in [-0.1, -0.05) is 48.0 Å². The Kier molecular flexibility index (Phi) is 19.4. The van der Waals surface area contributed by atoms with E-state index >= 15 is 0 Å². The summed E-state index contributed by atoms with van der Waals surface area (Å²) in [6.07, 6.45) is 10.7. The summed E-state index contributed by atoms with van der Waals surface area (Å²) < 4.78 is 74.1. The predicted octanol–water partition coefficient (Wildman–Crippen LogP) is 6.44. The standard InChI is InChI=1S/C26H38N6O4S.C25H36N6O4S.CH4/c1-6-9-21-23-24(31(3)30-21)26(33)29-25(28-23)20-17-19(11-12-22(20)36-16-7-2)37(34,35)27-14-13-18-10-8-15-32(18,4)5;1-5-8-20-22-23(31(4)29-20)25(32)28-24(27-22)19-16-18(10-11-21(19)35-15-6-2)36(33,34)26-13-12-17-9-7-14-30(17)3;/h11-12,17-18,27H,6-10,13-16H2,1-5H3;10-11,16-17,26H,5-9,12-15H2,1-4H3,(H,27,28,32);1H4/p+1. The molecular formula is C52H79N12O8S2+. The topological polar surface area (TPSA) is 241 Å². The fourth-order valence-corrected chi connectivity index (χ4v) is 12.1. The van der Waals surface area contributed by atoms with Gasteiger partial charge in [0.2, 0.25) is 20.0 Å². The highest BCUT2D eigenvalue weighted by Gasteiger charge is 2.34. The van der Waals surface area contributed by atoms with Gasteiger partial charge in [0.15, 0.2) is 11.0 Å². The summed E-state index contributed by atoms with van der Waals surface area (Å²) in [7, 11) is 2.38. The van der Waals surface area contributed by atoms with Crippen LogP contribution in [0, 0.1) is 0 Å². The summed E-state index contributed by atoms with van der Waals surface area (Å²) in [4.78, 5) is 43.6. The Balaban J connectivity index is 0.000000238. The normalized spacial score (nSPS) is 16.9. The number of H-pyrrole nitrogens is 2. The number of quaternary nitrogens is 1. The molecule has 2 unspecified atom stereocenters. The van der Waals surface area contributed by atoms with Crippen molar-refractivity contribution in [3.63, 3.8) is 0 Å². The van der Waals surface area contributed by atoms with Gasteiger partial charge in [0, 0.05) is 52.5 Å². The summed E-state index contributed by atoms with van der Waals surface area (Å²) in [5, 5.41) is 8.95. The van der Waals surface area contributed by atoms with Crippen LogP contribution < -0.4 is 30.0 Å². The maximum atomic E-state index is 13.2. The van der Waals surface area contributed by atoms with Crippen LogP contribution in [0.4, 0.5) is 0 Å². The van der Waals surface area contributed by atoms with E-state index in [2.05, 4.69) is 55.7 Å². The van der Waals surface area contributed by atoms with Gasteiger partial charge in [-0.15, -0.1) is 0 Å². The average Bonchev–Trinajstić information content (AvgIpc) is 4.10. The first kappa shape index (κ1) is 57.8. The highest BCUT2D eigenvalue weighted by Crippen LogP contribution is 2.33. The maximum absolute atomic E-state index is 13.2. The van der Waals surface area contributed by atoms with Crippen LogP contribution in [-0.2, 0) is 47.0 Å². The number of aromatic nitrogens is 8. The zero-order chi connectivity index (χ0) is 52.7. The largest absolute Gasteiger partial charge is 0.493 e. The lowest BCUT2D eigenvalue weighted by molar-refractivity contribution is -0.902. The van der Waals surface area contributed by atoms with Gasteiger partial charge in [0.05, 0.1) is 72.2 Å². The molecule has 0 radical (unpaired) electrons. The van der Waals surface area contributed by atoms with Gasteiger partial charge in [-0.05, 0) is 94.9 Å². The van der Waals surface area contributed by atoms with Crippen molar-refractivity contribution in [2.45, 2.75) is 134 Å². The molecule has 0 spiro atoms. The number of hydrogen-bond acceptors (Lipinski definition) is 13. The Hall–Kier alpha value is -5.52. The van der Waals surface area contributed by atoms with E-state index in [0.29, 0.717) is 95.9 Å². The smallest absolute Gasteiger partial charge is 0.277 e. The number of hydrogen-bond donors (Lipinski definition) is 4. The zero-order valence-corrected chi connectivity index (χ0v) is 45.6. The van der Waals surface area contributed by atoms with Gasteiger partial charge in [-0.3, -0.25) is 19.0 Å². The highest BCUT2D eigenvalue weighted by atomic mass is 32.2. The fourth-order valence-electron chi connectivity index (χ4n) is 9.95. The van der Waals surface area contributed by atoms with Crippen molar-refractivity contribution in [1.82, 2.24) is 53.8 Å². The molecule has 2 fully saturated rings. The molecule has 20 nitrogen and oxygen atoms in total.